The van der Waals surface area contributed by atoms with Crippen LogP contribution in [0.1, 0.15) is 25.3 Å². The molecule has 0 radical (unpaired) electrons. The van der Waals surface area contributed by atoms with Gasteiger partial charge in [-0.05, 0) is 37.1 Å². The van der Waals surface area contributed by atoms with E-state index >= 15 is 0 Å². The summed E-state index contributed by atoms with van der Waals surface area (Å²) in [6.45, 7) is 3.72. The molecular weight excluding hydrogens is 252 g/mol. The Hall–Kier alpha value is -1.56. The van der Waals surface area contributed by atoms with Crippen LogP contribution in [-0.2, 0) is 14.8 Å². The highest BCUT2D eigenvalue weighted by Crippen LogP contribution is 2.20. The van der Waals surface area contributed by atoms with Crippen molar-refractivity contribution in [3.05, 3.63) is 23.8 Å². The van der Waals surface area contributed by atoms with Gasteiger partial charge in [0.05, 0.1) is 11.9 Å². The van der Waals surface area contributed by atoms with E-state index in [4.69, 9.17) is 0 Å². The Balaban J connectivity index is 2.83. The van der Waals surface area contributed by atoms with Crippen molar-refractivity contribution in [2.24, 2.45) is 0 Å². The topological polar surface area (TPSA) is 75.3 Å². The Morgan fingerprint density at radius 3 is 2.50 bits per heavy atom. The number of hydrogen-bond acceptors (Lipinski definition) is 3. The molecule has 1 aromatic carbocycles. The summed E-state index contributed by atoms with van der Waals surface area (Å²) in [6, 6.07) is 5.05. The second-order valence-corrected chi connectivity index (χ2v) is 5.95. The van der Waals surface area contributed by atoms with Gasteiger partial charge in [-0.3, -0.25) is 9.52 Å². The van der Waals surface area contributed by atoms with Crippen molar-refractivity contribution in [1.82, 2.24) is 0 Å². The van der Waals surface area contributed by atoms with Crippen molar-refractivity contribution >= 4 is 27.3 Å². The molecule has 6 heteroatoms. The Kier molecular flexibility index (Phi) is 4.72. The van der Waals surface area contributed by atoms with Crippen LogP contribution in [0.15, 0.2) is 18.2 Å². The minimum Gasteiger partial charge on any atom is -0.326 e. The van der Waals surface area contributed by atoms with E-state index in [1.165, 1.54) is 0 Å². The van der Waals surface area contributed by atoms with Crippen molar-refractivity contribution in [2.75, 3.05) is 16.3 Å². The second-order valence-electron chi connectivity index (χ2n) is 4.20. The average molecular weight is 270 g/mol. The number of hydrogen-bond donors (Lipinski definition) is 2. The molecule has 1 aromatic rings. The van der Waals surface area contributed by atoms with Gasteiger partial charge < -0.3 is 5.32 Å². The van der Waals surface area contributed by atoms with E-state index < -0.39 is 10.0 Å². The first-order valence-electron chi connectivity index (χ1n) is 5.70. The molecule has 0 spiro atoms. The molecule has 0 aliphatic rings. The molecule has 0 atom stereocenters. The van der Waals surface area contributed by atoms with E-state index in [0.717, 1.165) is 18.2 Å². The maximum absolute atomic E-state index is 11.4. The number of aryl methyl sites for hydroxylation is 1. The van der Waals surface area contributed by atoms with Crippen LogP contribution < -0.4 is 10.0 Å². The zero-order valence-corrected chi connectivity index (χ0v) is 11.6. The minimum absolute atomic E-state index is 0.0410. The SMILES string of the molecule is CCCC(=O)Nc1ccc(NS(C)(=O)=O)c(C)c1. The summed E-state index contributed by atoms with van der Waals surface area (Å²) in [6.07, 6.45) is 2.37. The normalized spacial score (nSPS) is 11.1. The van der Waals surface area contributed by atoms with Crippen molar-refractivity contribution < 1.29 is 13.2 Å². The summed E-state index contributed by atoms with van der Waals surface area (Å²) in [5, 5.41) is 2.76. The van der Waals surface area contributed by atoms with Gasteiger partial charge in [-0.25, -0.2) is 8.42 Å². The minimum atomic E-state index is -3.28. The Bertz CT molecular complexity index is 538. The molecule has 5 nitrogen and oxygen atoms in total. The number of amides is 1. The van der Waals surface area contributed by atoms with Gasteiger partial charge in [-0.15, -0.1) is 0 Å². The van der Waals surface area contributed by atoms with E-state index in [2.05, 4.69) is 10.0 Å². The lowest BCUT2D eigenvalue weighted by Crippen LogP contribution is -2.12. The number of benzene rings is 1. The van der Waals surface area contributed by atoms with Crippen LogP contribution in [0.2, 0.25) is 0 Å². The maximum Gasteiger partial charge on any atom is 0.229 e. The van der Waals surface area contributed by atoms with Crippen LogP contribution >= 0.6 is 0 Å². The third kappa shape index (κ3) is 4.75. The van der Waals surface area contributed by atoms with E-state index in [9.17, 15) is 13.2 Å². The van der Waals surface area contributed by atoms with Gasteiger partial charge >= 0.3 is 0 Å². The monoisotopic (exact) mass is 270 g/mol. The second kappa shape index (κ2) is 5.86. The number of anilines is 2. The summed E-state index contributed by atoms with van der Waals surface area (Å²) in [7, 11) is -3.28. The molecular formula is C12H18N2O3S. The largest absolute Gasteiger partial charge is 0.326 e. The van der Waals surface area contributed by atoms with Crippen LogP contribution in [0.3, 0.4) is 0 Å². The highest BCUT2D eigenvalue weighted by molar-refractivity contribution is 7.92. The quantitative estimate of drug-likeness (QED) is 0.860. The lowest BCUT2D eigenvalue weighted by Gasteiger charge is -2.10. The molecule has 0 aliphatic carbocycles. The summed E-state index contributed by atoms with van der Waals surface area (Å²) >= 11 is 0. The predicted octanol–water partition coefficient (Wildman–Crippen LogP) is 2.11. The molecule has 0 aliphatic heterocycles. The highest BCUT2D eigenvalue weighted by atomic mass is 32.2. The zero-order valence-electron chi connectivity index (χ0n) is 10.8. The summed E-state index contributed by atoms with van der Waals surface area (Å²) in [5.41, 5.74) is 1.95. The van der Waals surface area contributed by atoms with Crippen LogP contribution in [0.4, 0.5) is 11.4 Å². The fourth-order valence-electron chi connectivity index (χ4n) is 1.51. The van der Waals surface area contributed by atoms with Crippen molar-refractivity contribution in [1.29, 1.82) is 0 Å². The molecule has 1 rings (SSSR count). The third-order valence-electron chi connectivity index (χ3n) is 2.28. The molecule has 1 amide bonds. The van der Waals surface area contributed by atoms with Gasteiger partial charge in [0, 0.05) is 12.1 Å². The fourth-order valence-corrected chi connectivity index (χ4v) is 2.13. The van der Waals surface area contributed by atoms with Gasteiger partial charge in [-0.1, -0.05) is 6.92 Å². The third-order valence-corrected chi connectivity index (χ3v) is 2.87. The van der Waals surface area contributed by atoms with E-state index in [-0.39, 0.29) is 5.91 Å². The molecule has 0 fully saturated rings. The Labute approximate surface area is 108 Å². The van der Waals surface area contributed by atoms with Crippen molar-refractivity contribution in [3.8, 4) is 0 Å². The van der Waals surface area contributed by atoms with Gasteiger partial charge in [0.1, 0.15) is 0 Å². The first kappa shape index (κ1) is 14.5. The molecule has 0 heterocycles. The first-order valence-corrected chi connectivity index (χ1v) is 7.59. The molecule has 0 saturated heterocycles. The fraction of sp³-hybridized carbons (Fsp3) is 0.417. The van der Waals surface area contributed by atoms with Crippen molar-refractivity contribution in [3.63, 3.8) is 0 Å². The molecule has 0 unspecified atom stereocenters. The molecule has 100 valence electrons. The highest BCUT2D eigenvalue weighted by Gasteiger charge is 2.07. The number of carbonyl (C=O) groups excluding carboxylic acids is 1. The smallest absolute Gasteiger partial charge is 0.229 e. The maximum atomic E-state index is 11.4. The van der Waals surface area contributed by atoms with Crippen LogP contribution in [0.25, 0.3) is 0 Å². The number of carbonyl (C=O) groups is 1. The lowest BCUT2D eigenvalue weighted by molar-refractivity contribution is -0.116. The van der Waals surface area contributed by atoms with E-state index in [1.54, 1.807) is 25.1 Å². The summed E-state index contributed by atoms with van der Waals surface area (Å²) in [4.78, 5) is 11.4. The molecule has 0 saturated carbocycles. The van der Waals surface area contributed by atoms with Gasteiger partial charge in [0.15, 0.2) is 0 Å². The summed E-state index contributed by atoms with van der Waals surface area (Å²) in [5.74, 6) is -0.0410. The first-order chi connectivity index (χ1) is 8.31. The Morgan fingerprint density at radius 2 is 2.00 bits per heavy atom. The van der Waals surface area contributed by atoms with Crippen LogP contribution in [0.5, 0.6) is 0 Å². The summed E-state index contributed by atoms with van der Waals surface area (Å²) < 4.78 is 24.7. The molecule has 0 bridgehead atoms. The number of nitrogens with one attached hydrogen (secondary N) is 2. The standard InChI is InChI=1S/C12H18N2O3S/c1-4-5-12(15)13-10-6-7-11(9(2)8-10)14-18(3,16)17/h6-8,14H,4-5H2,1-3H3,(H,13,15). The Morgan fingerprint density at radius 1 is 1.33 bits per heavy atom. The molecule has 18 heavy (non-hydrogen) atoms. The predicted molar refractivity (Wildman–Crippen MR) is 73.2 cm³/mol. The zero-order chi connectivity index (χ0) is 13.8. The molecule has 0 aromatic heterocycles. The van der Waals surface area contributed by atoms with Gasteiger partial charge in [-0.2, -0.15) is 0 Å². The number of sulfonamides is 1. The van der Waals surface area contributed by atoms with Gasteiger partial charge in [0.25, 0.3) is 0 Å². The molecule has 2 N–H and O–H groups in total. The average Bonchev–Trinajstić information content (AvgIpc) is 2.21. The van der Waals surface area contributed by atoms with E-state index in [0.29, 0.717) is 17.8 Å². The number of rotatable bonds is 5. The van der Waals surface area contributed by atoms with Crippen molar-refractivity contribution in [2.45, 2.75) is 26.7 Å². The van der Waals surface area contributed by atoms with E-state index in [1.807, 2.05) is 6.92 Å². The van der Waals surface area contributed by atoms with Gasteiger partial charge in [0.2, 0.25) is 15.9 Å². The van der Waals surface area contributed by atoms with Crippen LogP contribution in [-0.4, -0.2) is 20.6 Å². The van der Waals surface area contributed by atoms with Crippen LogP contribution in [0, 0.1) is 6.92 Å². The lowest BCUT2D eigenvalue weighted by atomic mass is 10.2.